The van der Waals surface area contributed by atoms with Gasteiger partial charge in [0.1, 0.15) is 6.54 Å². The van der Waals surface area contributed by atoms with Crippen LogP contribution in [0.1, 0.15) is 31.2 Å². The lowest BCUT2D eigenvalue weighted by atomic mass is 9.91. The Hall–Kier alpha value is -1.61. The molecule has 1 aromatic carbocycles. The van der Waals surface area contributed by atoms with Crippen molar-refractivity contribution in [1.29, 1.82) is 0 Å². The lowest BCUT2D eigenvalue weighted by molar-refractivity contribution is -0.114. The third-order valence-corrected chi connectivity index (χ3v) is 3.72. The molecule has 0 spiro atoms. The van der Waals surface area contributed by atoms with Gasteiger partial charge in [-0.3, -0.25) is 9.79 Å². The van der Waals surface area contributed by atoms with Crippen molar-refractivity contribution in [3.05, 3.63) is 40.4 Å². The van der Waals surface area contributed by atoms with Crippen molar-refractivity contribution in [2.45, 2.75) is 25.7 Å². The van der Waals surface area contributed by atoms with E-state index in [1.165, 1.54) is 18.4 Å². The smallest absolute Gasteiger partial charge is 0.246 e. The van der Waals surface area contributed by atoms with Crippen molar-refractivity contribution in [2.75, 3.05) is 11.9 Å². The Morgan fingerprint density at radius 2 is 2.16 bits per heavy atom. The van der Waals surface area contributed by atoms with E-state index in [-0.39, 0.29) is 12.5 Å². The number of benzodiazepines with no additional fused rings is 1. The molecule has 3 nitrogen and oxygen atoms in total. The number of carbonyl (C=O) groups excluding carboxylic acids is 1. The molecule has 1 aliphatic heterocycles. The van der Waals surface area contributed by atoms with Crippen LogP contribution >= 0.6 is 11.6 Å². The number of amides is 1. The number of nitrogens with one attached hydrogen (secondary N) is 1. The van der Waals surface area contributed by atoms with Crippen LogP contribution in [0.2, 0.25) is 5.02 Å². The molecule has 98 valence electrons. The summed E-state index contributed by atoms with van der Waals surface area (Å²) in [5.74, 6) is -0.0741. The first kappa shape index (κ1) is 12.4. The molecule has 19 heavy (non-hydrogen) atoms. The minimum absolute atomic E-state index is 0.0741. The normalized spacial score (nSPS) is 18.9. The molecule has 0 aromatic heterocycles. The number of hydrogen-bond acceptors (Lipinski definition) is 2. The summed E-state index contributed by atoms with van der Waals surface area (Å²) in [5.41, 5.74) is 3.91. The van der Waals surface area contributed by atoms with Crippen molar-refractivity contribution in [1.82, 2.24) is 0 Å². The van der Waals surface area contributed by atoms with Crippen molar-refractivity contribution < 1.29 is 4.79 Å². The van der Waals surface area contributed by atoms with Gasteiger partial charge < -0.3 is 5.32 Å². The number of carbonyl (C=O) groups is 1. The second-order valence-corrected chi connectivity index (χ2v) is 5.31. The van der Waals surface area contributed by atoms with Crippen LogP contribution in [-0.4, -0.2) is 18.2 Å². The number of hydrogen-bond donors (Lipinski definition) is 1. The molecule has 4 heteroatoms. The molecular formula is C15H15ClN2O. The number of fused-ring (bicyclic) bond motifs is 1. The lowest BCUT2D eigenvalue weighted by Gasteiger charge is -2.16. The summed E-state index contributed by atoms with van der Waals surface area (Å²) in [5, 5.41) is 3.55. The molecule has 0 bridgehead atoms. The summed E-state index contributed by atoms with van der Waals surface area (Å²) < 4.78 is 0. The molecule has 0 fully saturated rings. The monoisotopic (exact) mass is 274 g/mol. The standard InChI is InChI=1S/C15H15ClN2O/c16-11-6-7-13-12(8-11)15(17-9-14(19)18-13)10-4-2-1-3-5-10/h4,6-8H,1-3,5,9H2,(H,18,19). The predicted molar refractivity (Wildman–Crippen MR) is 78.0 cm³/mol. The predicted octanol–water partition coefficient (Wildman–Crippen LogP) is 3.58. The maximum Gasteiger partial charge on any atom is 0.246 e. The van der Waals surface area contributed by atoms with E-state index in [0.717, 1.165) is 29.8 Å². The minimum Gasteiger partial charge on any atom is -0.324 e. The van der Waals surface area contributed by atoms with Gasteiger partial charge in [-0.2, -0.15) is 0 Å². The Kier molecular flexibility index (Phi) is 3.38. The Morgan fingerprint density at radius 1 is 1.26 bits per heavy atom. The highest BCUT2D eigenvalue weighted by Crippen LogP contribution is 2.29. The Bertz CT molecular complexity index is 590. The molecule has 1 heterocycles. The largest absolute Gasteiger partial charge is 0.324 e. The van der Waals surface area contributed by atoms with E-state index in [1.54, 1.807) is 6.07 Å². The van der Waals surface area contributed by atoms with Gasteiger partial charge in [-0.15, -0.1) is 0 Å². The molecule has 0 saturated carbocycles. The molecule has 0 unspecified atom stereocenters. The SMILES string of the molecule is O=C1CN=C(C2=CCCCC2)c2cc(Cl)ccc2N1. The van der Waals surface area contributed by atoms with E-state index in [2.05, 4.69) is 16.4 Å². The summed E-state index contributed by atoms with van der Waals surface area (Å²) in [7, 11) is 0. The molecule has 1 aliphatic carbocycles. The molecular weight excluding hydrogens is 260 g/mol. The van der Waals surface area contributed by atoms with Gasteiger partial charge in [-0.05, 0) is 49.5 Å². The van der Waals surface area contributed by atoms with E-state index >= 15 is 0 Å². The van der Waals surface area contributed by atoms with E-state index < -0.39 is 0 Å². The van der Waals surface area contributed by atoms with Crippen LogP contribution in [-0.2, 0) is 4.79 Å². The van der Waals surface area contributed by atoms with Gasteiger partial charge in [-0.25, -0.2) is 0 Å². The highest BCUT2D eigenvalue weighted by atomic mass is 35.5. The third-order valence-electron chi connectivity index (χ3n) is 3.49. The number of rotatable bonds is 1. The van der Waals surface area contributed by atoms with Gasteiger partial charge >= 0.3 is 0 Å². The summed E-state index contributed by atoms with van der Waals surface area (Å²) >= 11 is 6.08. The van der Waals surface area contributed by atoms with E-state index in [9.17, 15) is 4.79 Å². The fourth-order valence-corrected chi connectivity index (χ4v) is 2.75. The van der Waals surface area contributed by atoms with E-state index in [1.807, 2.05) is 12.1 Å². The molecule has 1 aromatic rings. The average Bonchev–Trinajstić information content (AvgIpc) is 2.58. The molecule has 0 saturated heterocycles. The zero-order chi connectivity index (χ0) is 13.2. The fourth-order valence-electron chi connectivity index (χ4n) is 2.57. The van der Waals surface area contributed by atoms with Crippen LogP contribution in [0.5, 0.6) is 0 Å². The first-order chi connectivity index (χ1) is 9.24. The minimum atomic E-state index is -0.0741. The van der Waals surface area contributed by atoms with Gasteiger partial charge in [-0.1, -0.05) is 17.7 Å². The second-order valence-electron chi connectivity index (χ2n) is 4.88. The van der Waals surface area contributed by atoms with Gasteiger partial charge in [0.15, 0.2) is 0 Å². The van der Waals surface area contributed by atoms with Crippen molar-refractivity contribution in [3.8, 4) is 0 Å². The maximum absolute atomic E-state index is 11.7. The van der Waals surface area contributed by atoms with Crippen LogP contribution in [0.4, 0.5) is 5.69 Å². The van der Waals surface area contributed by atoms with E-state index in [0.29, 0.717) is 5.02 Å². The van der Waals surface area contributed by atoms with Crippen LogP contribution in [0, 0.1) is 0 Å². The van der Waals surface area contributed by atoms with Crippen molar-refractivity contribution >= 4 is 28.9 Å². The summed E-state index contributed by atoms with van der Waals surface area (Å²) in [6.07, 6.45) is 6.77. The molecule has 0 radical (unpaired) electrons. The van der Waals surface area contributed by atoms with Gasteiger partial charge in [0.05, 0.1) is 11.4 Å². The fraction of sp³-hybridized carbons (Fsp3) is 0.333. The van der Waals surface area contributed by atoms with Crippen LogP contribution in [0.15, 0.2) is 34.8 Å². The number of benzene rings is 1. The second kappa shape index (κ2) is 5.17. The highest BCUT2D eigenvalue weighted by molar-refractivity contribution is 6.31. The molecule has 2 aliphatic rings. The third kappa shape index (κ3) is 2.56. The number of aliphatic imine (C=N–C) groups is 1. The number of anilines is 1. The maximum atomic E-state index is 11.7. The Morgan fingerprint density at radius 3 is 2.95 bits per heavy atom. The van der Waals surface area contributed by atoms with Gasteiger partial charge in [0.25, 0.3) is 0 Å². The quantitative estimate of drug-likeness (QED) is 0.835. The number of halogens is 1. The number of nitrogens with zero attached hydrogens (tertiary/aromatic N) is 1. The van der Waals surface area contributed by atoms with Crippen LogP contribution in [0.25, 0.3) is 0 Å². The van der Waals surface area contributed by atoms with E-state index in [4.69, 9.17) is 11.6 Å². The molecule has 3 rings (SSSR count). The summed E-state index contributed by atoms with van der Waals surface area (Å²) in [4.78, 5) is 16.2. The van der Waals surface area contributed by atoms with Gasteiger partial charge in [0, 0.05) is 10.6 Å². The average molecular weight is 275 g/mol. The van der Waals surface area contributed by atoms with Crippen molar-refractivity contribution in [3.63, 3.8) is 0 Å². The lowest BCUT2D eigenvalue weighted by Crippen LogP contribution is -2.13. The molecule has 1 N–H and O–H groups in total. The topological polar surface area (TPSA) is 41.5 Å². The molecule has 1 amide bonds. The summed E-state index contributed by atoms with van der Waals surface area (Å²) in [6.45, 7) is 0.180. The zero-order valence-corrected chi connectivity index (χ0v) is 11.3. The Labute approximate surface area is 117 Å². The highest BCUT2D eigenvalue weighted by Gasteiger charge is 2.20. The van der Waals surface area contributed by atoms with Crippen molar-refractivity contribution in [2.24, 2.45) is 4.99 Å². The Balaban J connectivity index is 2.10. The van der Waals surface area contributed by atoms with Gasteiger partial charge in [0.2, 0.25) is 5.91 Å². The zero-order valence-electron chi connectivity index (χ0n) is 10.6. The molecule has 0 atom stereocenters. The number of allylic oxidation sites excluding steroid dienone is 2. The van der Waals surface area contributed by atoms with Crippen LogP contribution < -0.4 is 5.32 Å². The first-order valence-corrected chi connectivity index (χ1v) is 6.95. The van der Waals surface area contributed by atoms with Crippen LogP contribution in [0.3, 0.4) is 0 Å². The summed E-state index contributed by atoms with van der Waals surface area (Å²) in [6, 6.07) is 5.52. The first-order valence-electron chi connectivity index (χ1n) is 6.58.